The zero-order valence-electron chi connectivity index (χ0n) is 27.9. The fourth-order valence-electron chi connectivity index (χ4n) is 8.94. The van der Waals surface area contributed by atoms with E-state index in [1.807, 2.05) is 26.8 Å². The third-order valence-corrected chi connectivity index (χ3v) is 11.5. The topological polar surface area (TPSA) is 151 Å². The lowest BCUT2D eigenvalue weighted by atomic mass is 9.48. The molecular formula is C35H46O11. The van der Waals surface area contributed by atoms with Gasteiger partial charge in [0, 0.05) is 36.2 Å². The molecule has 0 bridgehead atoms. The van der Waals surface area contributed by atoms with E-state index in [9.17, 15) is 24.3 Å². The molecule has 3 heterocycles. The second-order valence-electron chi connectivity index (χ2n) is 14.3. The number of hydrogen-bond donors (Lipinski definition) is 1. The Labute approximate surface area is 269 Å². The first-order valence-corrected chi connectivity index (χ1v) is 15.9. The molecule has 0 radical (unpaired) electrons. The van der Waals surface area contributed by atoms with Gasteiger partial charge in [-0.05, 0) is 43.4 Å². The number of cyclic esters (lactones) is 1. The van der Waals surface area contributed by atoms with Crippen LogP contribution in [0.5, 0.6) is 0 Å². The van der Waals surface area contributed by atoms with Crippen molar-refractivity contribution in [1.82, 2.24) is 0 Å². The number of esters is 4. The van der Waals surface area contributed by atoms with Crippen molar-refractivity contribution >= 4 is 23.9 Å². The van der Waals surface area contributed by atoms with Crippen LogP contribution in [0, 0.1) is 28.6 Å². The van der Waals surface area contributed by atoms with Gasteiger partial charge in [-0.3, -0.25) is 9.59 Å². The number of carbonyl (C=O) groups excluding carboxylic acids is 4. The summed E-state index contributed by atoms with van der Waals surface area (Å²) in [5.41, 5.74) is -2.94. The maximum Gasteiger partial charge on any atom is 0.335 e. The standard InChI is InChI=1S/C35H46O11/c1-10-18(2)28(39)31(40)44-30-29(43-20(4)36)27(33(7)13-11-25(37)46-32(5,6)23(33)16-26(38)41-9)19(3)35-24(45-35)15-22(34(30,35)8)21-12-14-42-17-21/h11-14,17-18,22-24,27-30,39H,3,10,15-16H2,1-2,4-9H3/t18-,22-,23-,24+,27+,28+,29+,30-,33-,34+,35+/m0/s1. The molecule has 1 saturated heterocycles. The van der Waals surface area contributed by atoms with E-state index in [-0.39, 0.29) is 18.4 Å². The summed E-state index contributed by atoms with van der Waals surface area (Å²) < 4.78 is 35.5. The zero-order chi connectivity index (χ0) is 34.0. The number of allylic oxidation sites excluding steroid dienone is 1. The molecule has 0 unspecified atom stereocenters. The molecule has 2 aliphatic carbocycles. The number of methoxy groups -OCH3 is 1. The minimum Gasteiger partial charge on any atom is -0.472 e. The minimum absolute atomic E-state index is 0.141. The maximum atomic E-state index is 13.7. The number of rotatable bonds is 9. The minimum atomic E-state index is -1.43. The third kappa shape index (κ3) is 5.01. The van der Waals surface area contributed by atoms with Crippen molar-refractivity contribution in [3.8, 4) is 0 Å². The molecule has 1 aromatic rings. The number of hydrogen-bond acceptors (Lipinski definition) is 11. The van der Waals surface area contributed by atoms with Crippen LogP contribution in [-0.4, -0.2) is 71.7 Å². The molecule has 46 heavy (non-hydrogen) atoms. The van der Waals surface area contributed by atoms with E-state index in [4.69, 9.17) is 28.1 Å². The first-order valence-electron chi connectivity index (χ1n) is 15.9. The van der Waals surface area contributed by atoms with Crippen LogP contribution in [0.25, 0.3) is 0 Å². The molecular weight excluding hydrogens is 596 g/mol. The highest BCUT2D eigenvalue weighted by molar-refractivity contribution is 5.83. The summed E-state index contributed by atoms with van der Waals surface area (Å²) in [6.07, 6.45) is 3.09. The monoisotopic (exact) mass is 642 g/mol. The van der Waals surface area contributed by atoms with Crippen molar-refractivity contribution in [1.29, 1.82) is 0 Å². The SMILES string of the molecule is C=C1[C@@H]([C@@]2(C)C=CC(=O)OC(C)(C)[C@@H]2CC(=O)OC)[C@@H](OC(C)=O)[C@H](OC(=O)[C@H](O)[C@@H](C)CC)[C@@]2(C)[C@H](c3ccoc3)C[C@H]3O[C@]132. The largest absolute Gasteiger partial charge is 0.472 e. The van der Waals surface area contributed by atoms with Crippen LogP contribution in [0.1, 0.15) is 79.2 Å². The number of epoxide rings is 1. The number of aliphatic hydroxyl groups excluding tert-OH is 1. The van der Waals surface area contributed by atoms with Gasteiger partial charge >= 0.3 is 23.9 Å². The Balaban J connectivity index is 1.74. The number of furan rings is 1. The highest BCUT2D eigenvalue weighted by Crippen LogP contribution is 2.76. The molecule has 1 spiro atoms. The van der Waals surface area contributed by atoms with Crippen LogP contribution < -0.4 is 0 Å². The number of ether oxygens (including phenoxy) is 5. The fraction of sp³-hybridized carbons (Fsp3) is 0.657. The van der Waals surface area contributed by atoms with Gasteiger partial charge in [0.25, 0.3) is 0 Å². The number of aliphatic hydroxyl groups is 1. The summed E-state index contributed by atoms with van der Waals surface area (Å²) in [4.78, 5) is 52.5. The highest BCUT2D eigenvalue weighted by Gasteiger charge is 2.84. The molecule has 11 heteroatoms. The van der Waals surface area contributed by atoms with Crippen molar-refractivity contribution in [2.75, 3.05) is 7.11 Å². The third-order valence-electron chi connectivity index (χ3n) is 11.5. The van der Waals surface area contributed by atoms with Crippen molar-refractivity contribution in [2.24, 2.45) is 28.6 Å². The average Bonchev–Trinajstić information content (AvgIpc) is 3.37. The Hall–Kier alpha value is -3.44. The average molecular weight is 643 g/mol. The van der Waals surface area contributed by atoms with E-state index < -0.39 is 82.0 Å². The molecule has 11 nitrogen and oxygen atoms in total. The predicted molar refractivity (Wildman–Crippen MR) is 163 cm³/mol. The lowest BCUT2D eigenvalue weighted by Gasteiger charge is -2.58. The van der Waals surface area contributed by atoms with Gasteiger partial charge in [0.2, 0.25) is 0 Å². The molecule has 5 rings (SSSR count). The summed E-state index contributed by atoms with van der Waals surface area (Å²) >= 11 is 0. The molecule has 1 aromatic heterocycles. The predicted octanol–water partition coefficient (Wildman–Crippen LogP) is 4.42. The summed E-state index contributed by atoms with van der Waals surface area (Å²) in [5, 5.41) is 11.0. The van der Waals surface area contributed by atoms with Crippen LogP contribution in [0.4, 0.5) is 0 Å². The Morgan fingerprint density at radius 1 is 1.17 bits per heavy atom. The smallest absolute Gasteiger partial charge is 0.335 e. The van der Waals surface area contributed by atoms with Gasteiger partial charge in [-0.1, -0.05) is 46.8 Å². The first-order chi connectivity index (χ1) is 21.5. The van der Waals surface area contributed by atoms with Crippen molar-refractivity contribution in [3.05, 3.63) is 48.5 Å². The molecule has 11 atom stereocenters. The lowest BCUT2D eigenvalue weighted by Crippen LogP contribution is -2.66. The van der Waals surface area contributed by atoms with Crippen LogP contribution in [-0.2, 0) is 42.9 Å². The summed E-state index contributed by atoms with van der Waals surface area (Å²) in [6.45, 7) is 16.7. The summed E-state index contributed by atoms with van der Waals surface area (Å²) in [5.74, 6) is -4.80. The van der Waals surface area contributed by atoms with E-state index in [0.717, 1.165) is 5.56 Å². The van der Waals surface area contributed by atoms with Crippen molar-refractivity contribution in [2.45, 2.75) is 109 Å². The molecule has 0 amide bonds. The van der Waals surface area contributed by atoms with Gasteiger partial charge < -0.3 is 33.2 Å². The van der Waals surface area contributed by atoms with Gasteiger partial charge in [0.1, 0.15) is 23.4 Å². The van der Waals surface area contributed by atoms with Gasteiger partial charge in [-0.2, -0.15) is 0 Å². The Kier molecular flexibility index (Phi) is 8.60. The zero-order valence-corrected chi connectivity index (χ0v) is 27.9. The van der Waals surface area contributed by atoms with Crippen LogP contribution >= 0.6 is 0 Å². The molecule has 0 aromatic carbocycles. The van der Waals surface area contributed by atoms with E-state index in [2.05, 4.69) is 6.58 Å². The molecule has 4 aliphatic rings. The molecule has 3 fully saturated rings. The van der Waals surface area contributed by atoms with Gasteiger partial charge in [0.05, 0.1) is 37.6 Å². The summed E-state index contributed by atoms with van der Waals surface area (Å²) in [6, 6.07) is 1.85. The van der Waals surface area contributed by atoms with E-state index in [1.54, 1.807) is 39.4 Å². The highest BCUT2D eigenvalue weighted by atomic mass is 16.6. The van der Waals surface area contributed by atoms with E-state index >= 15 is 0 Å². The summed E-state index contributed by atoms with van der Waals surface area (Å²) in [7, 11) is 1.28. The number of carbonyl (C=O) groups is 4. The molecule has 252 valence electrons. The first kappa shape index (κ1) is 33.9. The quantitative estimate of drug-likeness (QED) is 0.176. The molecule has 2 aliphatic heterocycles. The van der Waals surface area contributed by atoms with Crippen molar-refractivity contribution in [3.63, 3.8) is 0 Å². The molecule has 2 saturated carbocycles. The van der Waals surface area contributed by atoms with Gasteiger partial charge in [-0.25, -0.2) is 9.59 Å². The second kappa shape index (κ2) is 11.7. The van der Waals surface area contributed by atoms with Gasteiger partial charge in [-0.15, -0.1) is 0 Å². The fourth-order valence-corrected chi connectivity index (χ4v) is 8.94. The van der Waals surface area contributed by atoms with Crippen LogP contribution in [0.2, 0.25) is 0 Å². The Morgan fingerprint density at radius 3 is 2.46 bits per heavy atom. The van der Waals surface area contributed by atoms with E-state index in [1.165, 1.54) is 20.1 Å². The molecule has 1 N–H and O–H groups in total. The second-order valence-corrected chi connectivity index (χ2v) is 14.3. The van der Waals surface area contributed by atoms with Crippen LogP contribution in [0.3, 0.4) is 0 Å². The Bertz CT molecular complexity index is 1430. The normalized spacial score (nSPS) is 38.8. The van der Waals surface area contributed by atoms with Gasteiger partial charge in [0.15, 0.2) is 6.10 Å². The Morgan fingerprint density at radius 2 is 1.87 bits per heavy atom. The maximum absolute atomic E-state index is 13.7. The van der Waals surface area contributed by atoms with E-state index in [0.29, 0.717) is 18.4 Å². The van der Waals surface area contributed by atoms with Crippen LogP contribution in [0.15, 0.2) is 47.3 Å². The van der Waals surface area contributed by atoms with Crippen molar-refractivity contribution < 1.29 is 52.4 Å². The lowest BCUT2D eigenvalue weighted by molar-refractivity contribution is -0.215.